The third kappa shape index (κ3) is 5.85. The van der Waals surface area contributed by atoms with Gasteiger partial charge in [0.25, 0.3) is 5.91 Å². The third-order valence-corrected chi connectivity index (χ3v) is 3.61. The summed E-state index contributed by atoms with van der Waals surface area (Å²) in [6, 6.07) is 12.3. The quantitative estimate of drug-likeness (QED) is 0.439. The summed E-state index contributed by atoms with van der Waals surface area (Å²) in [6.45, 7) is 3.68. The lowest BCUT2D eigenvalue weighted by atomic mass is 10.1. The third-order valence-electron chi connectivity index (χ3n) is 3.61. The highest BCUT2D eigenvalue weighted by molar-refractivity contribution is 5.96. The molecule has 2 rings (SSSR count). The van der Waals surface area contributed by atoms with Crippen molar-refractivity contribution >= 4 is 18.1 Å². The summed E-state index contributed by atoms with van der Waals surface area (Å²) in [4.78, 5) is 23.5. The monoisotopic (exact) mass is 370 g/mol. The van der Waals surface area contributed by atoms with Crippen LogP contribution < -0.4 is 14.9 Å². The Balaban J connectivity index is 2.00. The average Bonchev–Trinajstić information content (AvgIpc) is 2.67. The van der Waals surface area contributed by atoms with E-state index in [0.29, 0.717) is 29.2 Å². The largest absolute Gasteiger partial charge is 0.493 e. The molecule has 2 aromatic carbocycles. The van der Waals surface area contributed by atoms with Gasteiger partial charge in [0.15, 0.2) is 18.1 Å². The number of hydrazone groups is 1. The second-order valence-electron chi connectivity index (χ2n) is 5.52. The zero-order chi connectivity index (χ0) is 19.6. The number of amides is 1. The SMILES string of the molecule is CCOC(=O)COc1ccc(/C=N/NC(=O)c2ccccc2C)cc1OC. The first-order valence-corrected chi connectivity index (χ1v) is 8.40. The number of carbonyl (C=O) groups excluding carboxylic acids is 2. The molecule has 7 heteroatoms. The molecular formula is C20H22N2O5. The van der Waals surface area contributed by atoms with Crippen molar-refractivity contribution in [2.45, 2.75) is 13.8 Å². The van der Waals surface area contributed by atoms with Crippen LogP contribution in [0, 0.1) is 6.92 Å². The predicted molar refractivity (Wildman–Crippen MR) is 101 cm³/mol. The fraction of sp³-hybridized carbons (Fsp3) is 0.250. The van der Waals surface area contributed by atoms with Crippen molar-refractivity contribution in [3.8, 4) is 11.5 Å². The van der Waals surface area contributed by atoms with Crippen LogP contribution in [0.3, 0.4) is 0 Å². The Kier molecular flexibility index (Phi) is 7.37. The molecule has 0 spiro atoms. The molecule has 142 valence electrons. The molecule has 0 saturated carbocycles. The van der Waals surface area contributed by atoms with Crippen molar-refractivity contribution in [1.82, 2.24) is 5.43 Å². The van der Waals surface area contributed by atoms with Gasteiger partial charge in [-0.3, -0.25) is 4.79 Å². The van der Waals surface area contributed by atoms with Gasteiger partial charge in [-0.05, 0) is 49.2 Å². The Bertz CT molecular complexity index is 833. The Labute approximate surface area is 157 Å². The molecule has 0 heterocycles. The summed E-state index contributed by atoms with van der Waals surface area (Å²) in [7, 11) is 1.49. The van der Waals surface area contributed by atoms with Gasteiger partial charge in [0.05, 0.1) is 19.9 Å². The molecule has 0 saturated heterocycles. The van der Waals surface area contributed by atoms with E-state index >= 15 is 0 Å². The van der Waals surface area contributed by atoms with Crippen LogP contribution in [0.5, 0.6) is 11.5 Å². The lowest BCUT2D eigenvalue weighted by molar-refractivity contribution is -0.145. The highest BCUT2D eigenvalue weighted by Gasteiger charge is 2.09. The maximum atomic E-state index is 12.1. The summed E-state index contributed by atoms with van der Waals surface area (Å²) in [5, 5.41) is 3.97. The zero-order valence-electron chi connectivity index (χ0n) is 15.5. The van der Waals surface area contributed by atoms with Gasteiger partial charge in [0, 0.05) is 5.56 Å². The molecular weight excluding hydrogens is 348 g/mol. The predicted octanol–water partition coefficient (Wildman–Crippen LogP) is 2.71. The summed E-state index contributed by atoms with van der Waals surface area (Å²) in [5.41, 5.74) is 4.62. The normalized spacial score (nSPS) is 10.5. The standard InChI is InChI=1S/C20H22N2O5/c1-4-26-19(23)13-27-17-10-9-15(11-18(17)25-3)12-21-22-20(24)16-8-6-5-7-14(16)2/h5-12H,4,13H2,1-3H3,(H,22,24)/b21-12+. The Hall–Kier alpha value is -3.35. The minimum Gasteiger partial charge on any atom is -0.493 e. The molecule has 0 aliphatic rings. The molecule has 0 bridgehead atoms. The van der Waals surface area contributed by atoms with Crippen LogP contribution in [0.1, 0.15) is 28.4 Å². The van der Waals surface area contributed by atoms with Gasteiger partial charge < -0.3 is 14.2 Å². The van der Waals surface area contributed by atoms with E-state index in [1.54, 1.807) is 37.3 Å². The summed E-state index contributed by atoms with van der Waals surface area (Å²) in [6.07, 6.45) is 1.49. The Morgan fingerprint density at radius 2 is 1.93 bits per heavy atom. The average molecular weight is 370 g/mol. The first-order chi connectivity index (χ1) is 13.0. The second kappa shape index (κ2) is 9.96. The van der Waals surface area contributed by atoms with Crippen LogP contribution in [0.2, 0.25) is 0 Å². The van der Waals surface area contributed by atoms with Crippen LogP contribution in [-0.2, 0) is 9.53 Å². The van der Waals surface area contributed by atoms with Crippen LogP contribution in [0.4, 0.5) is 0 Å². The number of carbonyl (C=O) groups is 2. The molecule has 0 aliphatic heterocycles. The Morgan fingerprint density at radius 1 is 1.15 bits per heavy atom. The van der Waals surface area contributed by atoms with E-state index in [1.165, 1.54) is 13.3 Å². The van der Waals surface area contributed by atoms with Crippen molar-refractivity contribution in [2.24, 2.45) is 5.10 Å². The number of benzene rings is 2. The molecule has 1 N–H and O–H groups in total. The molecule has 2 aromatic rings. The van der Waals surface area contributed by atoms with E-state index in [1.807, 2.05) is 19.1 Å². The molecule has 0 unspecified atom stereocenters. The highest BCUT2D eigenvalue weighted by Crippen LogP contribution is 2.27. The molecule has 0 aliphatic carbocycles. The van der Waals surface area contributed by atoms with Crippen molar-refractivity contribution in [3.63, 3.8) is 0 Å². The number of methoxy groups -OCH3 is 1. The van der Waals surface area contributed by atoms with Gasteiger partial charge >= 0.3 is 5.97 Å². The summed E-state index contributed by atoms with van der Waals surface area (Å²) >= 11 is 0. The van der Waals surface area contributed by atoms with Crippen molar-refractivity contribution < 1.29 is 23.8 Å². The smallest absolute Gasteiger partial charge is 0.344 e. The van der Waals surface area contributed by atoms with Crippen molar-refractivity contribution in [1.29, 1.82) is 0 Å². The molecule has 0 aromatic heterocycles. The number of hydrogen-bond donors (Lipinski definition) is 1. The van der Waals surface area contributed by atoms with E-state index in [-0.39, 0.29) is 12.5 Å². The van der Waals surface area contributed by atoms with Crippen LogP contribution in [0.15, 0.2) is 47.6 Å². The highest BCUT2D eigenvalue weighted by atomic mass is 16.6. The van der Waals surface area contributed by atoms with Crippen LogP contribution in [-0.4, -0.2) is 38.4 Å². The van der Waals surface area contributed by atoms with Crippen LogP contribution >= 0.6 is 0 Å². The number of esters is 1. The minimum atomic E-state index is -0.455. The maximum Gasteiger partial charge on any atom is 0.344 e. The Morgan fingerprint density at radius 3 is 2.63 bits per heavy atom. The van der Waals surface area contributed by atoms with Crippen molar-refractivity contribution in [3.05, 3.63) is 59.2 Å². The van der Waals surface area contributed by atoms with E-state index in [4.69, 9.17) is 14.2 Å². The van der Waals surface area contributed by atoms with Gasteiger partial charge in [-0.1, -0.05) is 18.2 Å². The lowest BCUT2D eigenvalue weighted by Crippen LogP contribution is -2.18. The first kappa shape index (κ1) is 20.0. The fourth-order valence-corrected chi connectivity index (χ4v) is 2.28. The maximum absolute atomic E-state index is 12.1. The number of rotatable bonds is 8. The minimum absolute atomic E-state index is 0.204. The number of nitrogens with one attached hydrogen (secondary N) is 1. The van der Waals surface area contributed by atoms with Gasteiger partial charge in [0.1, 0.15) is 0 Å². The van der Waals surface area contributed by atoms with E-state index in [9.17, 15) is 9.59 Å². The van der Waals surface area contributed by atoms with Gasteiger partial charge in [-0.15, -0.1) is 0 Å². The van der Waals surface area contributed by atoms with E-state index in [2.05, 4.69) is 10.5 Å². The molecule has 0 fully saturated rings. The van der Waals surface area contributed by atoms with Crippen molar-refractivity contribution in [2.75, 3.05) is 20.3 Å². The molecule has 7 nitrogen and oxygen atoms in total. The molecule has 0 radical (unpaired) electrons. The second-order valence-corrected chi connectivity index (χ2v) is 5.52. The lowest BCUT2D eigenvalue weighted by Gasteiger charge is -2.10. The number of ether oxygens (including phenoxy) is 3. The van der Waals surface area contributed by atoms with E-state index < -0.39 is 5.97 Å². The fourth-order valence-electron chi connectivity index (χ4n) is 2.28. The van der Waals surface area contributed by atoms with Gasteiger partial charge in [-0.25, -0.2) is 10.2 Å². The summed E-state index contributed by atoms with van der Waals surface area (Å²) < 4.78 is 15.5. The topological polar surface area (TPSA) is 86.2 Å². The molecule has 27 heavy (non-hydrogen) atoms. The number of hydrogen-bond acceptors (Lipinski definition) is 6. The summed E-state index contributed by atoms with van der Waals surface area (Å²) in [5.74, 6) is 0.106. The first-order valence-electron chi connectivity index (χ1n) is 8.40. The molecule has 1 amide bonds. The van der Waals surface area contributed by atoms with Gasteiger partial charge in [0.2, 0.25) is 0 Å². The van der Waals surface area contributed by atoms with E-state index in [0.717, 1.165) is 5.56 Å². The zero-order valence-corrected chi connectivity index (χ0v) is 15.5. The van der Waals surface area contributed by atoms with Gasteiger partial charge in [-0.2, -0.15) is 5.10 Å². The molecule has 0 atom stereocenters. The van der Waals surface area contributed by atoms with Crippen LogP contribution in [0.25, 0.3) is 0 Å². The number of aryl methyl sites for hydroxylation is 1. The number of nitrogens with zero attached hydrogens (tertiary/aromatic N) is 1.